The quantitative estimate of drug-likeness (QED) is 0.602. The first kappa shape index (κ1) is 9.18. The molecule has 0 fully saturated rings. The minimum atomic E-state index is 0.922. The fraction of sp³-hybridized carbons (Fsp3) is 0.133. The molecule has 0 atom stereocenters. The van der Waals surface area contributed by atoms with Crippen LogP contribution in [-0.2, 0) is 6.42 Å². The first-order valence-electron chi connectivity index (χ1n) is 5.47. The summed E-state index contributed by atoms with van der Waals surface area (Å²) in [4.78, 5) is 4.46. The van der Waals surface area contributed by atoms with Crippen LogP contribution in [0.5, 0.6) is 0 Å². The summed E-state index contributed by atoms with van der Waals surface area (Å²) in [7, 11) is 0. The average molecular weight is 205 g/mol. The Bertz CT molecular complexity index is 588. The first-order valence-corrected chi connectivity index (χ1v) is 5.47. The van der Waals surface area contributed by atoms with Crippen molar-refractivity contribution in [1.82, 2.24) is 4.98 Å². The molecular weight excluding hydrogens is 194 g/mol. The van der Waals surface area contributed by atoms with Gasteiger partial charge in [0.05, 0.1) is 11.3 Å². The molecule has 1 nitrogen and oxygen atoms in total. The van der Waals surface area contributed by atoms with Crippen LogP contribution in [0.1, 0.15) is 17.5 Å². The highest BCUT2D eigenvalue weighted by Gasteiger charge is 2.10. The summed E-state index contributed by atoms with van der Waals surface area (Å²) in [6.45, 7) is 0. The fourth-order valence-electron chi connectivity index (χ4n) is 2.05. The van der Waals surface area contributed by atoms with Gasteiger partial charge in [-0.1, -0.05) is 36.1 Å². The van der Waals surface area contributed by atoms with Crippen molar-refractivity contribution in [3.8, 4) is 23.1 Å². The van der Waals surface area contributed by atoms with Crippen molar-refractivity contribution in [2.24, 2.45) is 0 Å². The van der Waals surface area contributed by atoms with E-state index in [0.29, 0.717) is 0 Å². The van der Waals surface area contributed by atoms with Crippen LogP contribution in [0, 0.1) is 11.8 Å². The molecule has 0 unspecified atom stereocenters. The lowest BCUT2D eigenvalue weighted by Crippen LogP contribution is -1.96. The molecule has 16 heavy (non-hydrogen) atoms. The van der Waals surface area contributed by atoms with E-state index in [2.05, 4.69) is 41.1 Å². The molecule has 3 rings (SSSR count). The maximum atomic E-state index is 4.46. The molecular formula is C15H11N. The standard InChI is InChI=1S/C15H11N/c1-2-8-13-9-5-11-16-15(13)14-10-4-3-7-12(14)6-1/h3-5,7,9-11H,1,6H2. The van der Waals surface area contributed by atoms with E-state index in [-0.39, 0.29) is 0 Å². The number of hydrogen-bond acceptors (Lipinski definition) is 1. The van der Waals surface area contributed by atoms with E-state index < -0.39 is 0 Å². The molecule has 0 aliphatic heterocycles. The summed E-state index contributed by atoms with van der Waals surface area (Å²) in [5, 5.41) is 0. The van der Waals surface area contributed by atoms with Crippen LogP contribution in [-0.4, -0.2) is 4.98 Å². The predicted octanol–water partition coefficient (Wildman–Crippen LogP) is 3.05. The highest BCUT2D eigenvalue weighted by Crippen LogP contribution is 2.26. The number of pyridine rings is 1. The third-order valence-electron chi connectivity index (χ3n) is 2.82. The van der Waals surface area contributed by atoms with Crippen molar-refractivity contribution < 1.29 is 0 Å². The predicted molar refractivity (Wildman–Crippen MR) is 64.9 cm³/mol. The van der Waals surface area contributed by atoms with Gasteiger partial charge >= 0.3 is 0 Å². The molecule has 76 valence electrons. The number of benzene rings is 1. The van der Waals surface area contributed by atoms with E-state index in [4.69, 9.17) is 0 Å². The van der Waals surface area contributed by atoms with Gasteiger partial charge in [-0.05, 0) is 24.1 Å². The lowest BCUT2D eigenvalue weighted by atomic mass is 9.96. The maximum absolute atomic E-state index is 4.46. The Kier molecular flexibility index (Phi) is 2.19. The van der Waals surface area contributed by atoms with Gasteiger partial charge in [0.15, 0.2) is 0 Å². The second-order valence-corrected chi connectivity index (χ2v) is 3.86. The second kappa shape index (κ2) is 3.83. The van der Waals surface area contributed by atoms with Crippen molar-refractivity contribution in [2.75, 3.05) is 0 Å². The molecule has 2 aromatic rings. The van der Waals surface area contributed by atoms with Crippen molar-refractivity contribution in [3.05, 3.63) is 53.7 Å². The van der Waals surface area contributed by atoms with Crippen molar-refractivity contribution in [3.63, 3.8) is 0 Å². The van der Waals surface area contributed by atoms with Crippen molar-refractivity contribution >= 4 is 0 Å². The third-order valence-corrected chi connectivity index (χ3v) is 2.82. The molecule has 1 heterocycles. The van der Waals surface area contributed by atoms with Gasteiger partial charge in [-0.3, -0.25) is 4.98 Å². The highest BCUT2D eigenvalue weighted by atomic mass is 14.7. The number of rotatable bonds is 0. The van der Waals surface area contributed by atoms with E-state index >= 15 is 0 Å². The average Bonchev–Trinajstić information content (AvgIpc) is 2.33. The van der Waals surface area contributed by atoms with Crippen LogP contribution in [0.15, 0.2) is 42.6 Å². The van der Waals surface area contributed by atoms with E-state index in [9.17, 15) is 0 Å². The molecule has 0 amide bonds. The smallest absolute Gasteiger partial charge is 0.0861 e. The molecule has 1 aliphatic rings. The summed E-state index contributed by atoms with van der Waals surface area (Å²) >= 11 is 0. The van der Waals surface area contributed by atoms with E-state index in [1.807, 2.05) is 18.3 Å². The summed E-state index contributed by atoms with van der Waals surface area (Å²) in [6, 6.07) is 12.4. The highest BCUT2D eigenvalue weighted by molar-refractivity contribution is 5.70. The summed E-state index contributed by atoms with van der Waals surface area (Å²) < 4.78 is 0. The SMILES string of the molecule is C1#Cc2cccnc2-c2ccccc2CC1. The van der Waals surface area contributed by atoms with Crippen LogP contribution in [0.4, 0.5) is 0 Å². The lowest BCUT2D eigenvalue weighted by molar-refractivity contribution is 1.02. The van der Waals surface area contributed by atoms with Gasteiger partial charge in [0.25, 0.3) is 0 Å². The van der Waals surface area contributed by atoms with Crippen LogP contribution >= 0.6 is 0 Å². The summed E-state index contributed by atoms with van der Waals surface area (Å²) in [5.74, 6) is 6.39. The normalized spacial score (nSPS) is 12.5. The Morgan fingerprint density at radius 2 is 2.00 bits per heavy atom. The zero-order valence-corrected chi connectivity index (χ0v) is 8.90. The zero-order valence-electron chi connectivity index (χ0n) is 8.90. The van der Waals surface area contributed by atoms with Gasteiger partial charge in [-0.2, -0.15) is 0 Å². The lowest BCUT2D eigenvalue weighted by Gasteiger charge is -2.11. The largest absolute Gasteiger partial charge is 0.255 e. The van der Waals surface area contributed by atoms with Gasteiger partial charge in [0, 0.05) is 18.2 Å². The molecule has 1 aliphatic carbocycles. The van der Waals surface area contributed by atoms with Gasteiger partial charge in [-0.25, -0.2) is 0 Å². The number of aromatic nitrogens is 1. The van der Waals surface area contributed by atoms with Gasteiger partial charge in [0.2, 0.25) is 0 Å². The Morgan fingerprint density at radius 1 is 1.06 bits per heavy atom. The Morgan fingerprint density at radius 3 is 3.00 bits per heavy atom. The number of nitrogens with zero attached hydrogens (tertiary/aromatic N) is 1. The Hall–Kier alpha value is -2.07. The van der Waals surface area contributed by atoms with Crippen LogP contribution < -0.4 is 0 Å². The minimum Gasteiger partial charge on any atom is -0.255 e. The van der Waals surface area contributed by atoms with Crippen molar-refractivity contribution in [2.45, 2.75) is 12.8 Å². The summed E-state index contributed by atoms with van der Waals surface area (Å²) in [5.41, 5.74) is 4.63. The molecule has 1 aromatic heterocycles. The molecule has 0 spiro atoms. The van der Waals surface area contributed by atoms with Crippen molar-refractivity contribution in [1.29, 1.82) is 0 Å². The summed E-state index contributed by atoms with van der Waals surface area (Å²) in [6.07, 6.45) is 3.77. The molecule has 1 aromatic carbocycles. The monoisotopic (exact) mass is 205 g/mol. The molecule has 0 bridgehead atoms. The molecule has 1 heteroatoms. The Labute approximate surface area is 95.2 Å². The van der Waals surface area contributed by atoms with E-state index in [0.717, 1.165) is 24.1 Å². The molecule has 0 saturated carbocycles. The molecule has 0 saturated heterocycles. The molecule has 0 N–H and O–H groups in total. The number of fused-ring (bicyclic) bond motifs is 3. The maximum Gasteiger partial charge on any atom is 0.0861 e. The van der Waals surface area contributed by atoms with E-state index in [1.165, 1.54) is 11.1 Å². The second-order valence-electron chi connectivity index (χ2n) is 3.86. The topological polar surface area (TPSA) is 12.9 Å². The third kappa shape index (κ3) is 1.49. The fourth-order valence-corrected chi connectivity index (χ4v) is 2.05. The van der Waals surface area contributed by atoms with E-state index in [1.54, 1.807) is 0 Å². The molecule has 0 radical (unpaired) electrons. The van der Waals surface area contributed by atoms with Gasteiger partial charge in [0.1, 0.15) is 0 Å². The first-order chi connectivity index (χ1) is 7.95. The zero-order chi connectivity index (χ0) is 10.8. The Balaban J connectivity index is 2.30. The van der Waals surface area contributed by atoms with Gasteiger partial charge in [-0.15, -0.1) is 0 Å². The number of hydrogen-bond donors (Lipinski definition) is 0. The van der Waals surface area contributed by atoms with Crippen LogP contribution in [0.3, 0.4) is 0 Å². The minimum absolute atomic E-state index is 0.922. The number of aryl methyl sites for hydroxylation is 1. The van der Waals surface area contributed by atoms with Crippen LogP contribution in [0.2, 0.25) is 0 Å². The van der Waals surface area contributed by atoms with Crippen LogP contribution in [0.25, 0.3) is 11.3 Å². The van der Waals surface area contributed by atoms with Gasteiger partial charge < -0.3 is 0 Å².